The van der Waals surface area contributed by atoms with Gasteiger partial charge in [-0.15, -0.1) is 0 Å². The Hall–Kier alpha value is -0.970. The summed E-state index contributed by atoms with van der Waals surface area (Å²) in [5, 5.41) is 3.36. The first-order chi connectivity index (χ1) is 8.99. The molecule has 6 heteroatoms. The summed E-state index contributed by atoms with van der Waals surface area (Å²) in [4.78, 5) is 14.3. The van der Waals surface area contributed by atoms with Gasteiger partial charge in [0.2, 0.25) is 0 Å². The molecule has 0 aliphatic heterocycles. The van der Waals surface area contributed by atoms with Crippen LogP contribution in [0.25, 0.3) is 0 Å². The van der Waals surface area contributed by atoms with Crippen LogP contribution in [0.3, 0.4) is 0 Å². The van der Waals surface area contributed by atoms with Crippen molar-refractivity contribution in [2.24, 2.45) is 0 Å². The molecule has 0 spiro atoms. The van der Waals surface area contributed by atoms with Crippen LogP contribution in [0, 0.1) is 0 Å². The maximum absolute atomic E-state index is 12.0. The molecular formula is C13H17Cl2N3O. The van der Waals surface area contributed by atoms with Gasteiger partial charge in [0, 0.05) is 24.8 Å². The third kappa shape index (κ3) is 3.75. The number of nitrogens with two attached hydrogens (primary N) is 1. The number of nitrogens with one attached hydrogen (secondary N) is 1. The van der Waals surface area contributed by atoms with Crippen LogP contribution >= 0.6 is 23.2 Å². The minimum Gasteiger partial charge on any atom is -0.399 e. The second-order valence-corrected chi connectivity index (χ2v) is 5.62. The van der Waals surface area contributed by atoms with Crippen molar-refractivity contribution in [1.82, 2.24) is 10.2 Å². The average Bonchev–Trinajstić information content (AvgIpc) is 3.17. The highest BCUT2D eigenvalue weighted by atomic mass is 35.5. The summed E-state index contributed by atoms with van der Waals surface area (Å²) >= 11 is 11.9. The van der Waals surface area contributed by atoms with E-state index in [0.29, 0.717) is 28.9 Å². The van der Waals surface area contributed by atoms with Gasteiger partial charge in [0.15, 0.2) is 0 Å². The minimum atomic E-state index is -0.247. The van der Waals surface area contributed by atoms with Crippen LogP contribution in [0.1, 0.15) is 23.2 Å². The number of likely N-dealkylation sites (N-methyl/N-ethyl adjacent to an activating group) is 1. The molecule has 3 N–H and O–H groups in total. The van der Waals surface area contributed by atoms with Gasteiger partial charge in [-0.05, 0) is 32.0 Å². The van der Waals surface area contributed by atoms with E-state index in [2.05, 4.69) is 17.3 Å². The first-order valence-electron chi connectivity index (χ1n) is 6.22. The van der Waals surface area contributed by atoms with Crippen molar-refractivity contribution in [3.63, 3.8) is 0 Å². The van der Waals surface area contributed by atoms with E-state index in [1.54, 1.807) is 0 Å². The summed E-state index contributed by atoms with van der Waals surface area (Å²) < 4.78 is 0. The number of hydrogen-bond donors (Lipinski definition) is 2. The van der Waals surface area contributed by atoms with Crippen LogP contribution in [0.2, 0.25) is 10.0 Å². The molecule has 1 aromatic carbocycles. The highest BCUT2D eigenvalue weighted by molar-refractivity contribution is 6.44. The lowest BCUT2D eigenvalue weighted by molar-refractivity contribution is 0.0949. The summed E-state index contributed by atoms with van der Waals surface area (Å²) in [5.41, 5.74) is 6.41. The van der Waals surface area contributed by atoms with E-state index in [9.17, 15) is 4.79 Å². The summed E-state index contributed by atoms with van der Waals surface area (Å²) in [6.07, 6.45) is 2.50. The number of amides is 1. The summed E-state index contributed by atoms with van der Waals surface area (Å²) in [7, 11) is 2.06. The number of rotatable bonds is 5. The molecule has 0 saturated heterocycles. The van der Waals surface area contributed by atoms with E-state index in [1.807, 2.05) is 0 Å². The predicted molar refractivity (Wildman–Crippen MR) is 78.9 cm³/mol. The second-order valence-electron chi connectivity index (χ2n) is 4.83. The van der Waals surface area contributed by atoms with Gasteiger partial charge < -0.3 is 16.0 Å². The smallest absolute Gasteiger partial charge is 0.252 e. The van der Waals surface area contributed by atoms with Crippen LogP contribution in [-0.2, 0) is 0 Å². The molecule has 2 rings (SSSR count). The van der Waals surface area contributed by atoms with Gasteiger partial charge >= 0.3 is 0 Å². The highest BCUT2D eigenvalue weighted by Crippen LogP contribution is 2.28. The highest BCUT2D eigenvalue weighted by Gasteiger charge is 2.25. The van der Waals surface area contributed by atoms with Gasteiger partial charge in [0.1, 0.15) is 0 Å². The van der Waals surface area contributed by atoms with Crippen molar-refractivity contribution in [2.75, 3.05) is 25.9 Å². The molecule has 0 heterocycles. The lowest BCUT2D eigenvalue weighted by Gasteiger charge is -2.16. The number of nitrogens with zero attached hydrogens (tertiary/aromatic N) is 1. The van der Waals surface area contributed by atoms with E-state index >= 15 is 0 Å². The lowest BCUT2D eigenvalue weighted by Crippen LogP contribution is -2.34. The van der Waals surface area contributed by atoms with Crippen LogP contribution < -0.4 is 11.1 Å². The van der Waals surface area contributed by atoms with Crippen molar-refractivity contribution in [1.29, 1.82) is 0 Å². The Kier molecular flexibility index (Phi) is 4.55. The van der Waals surface area contributed by atoms with Crippen LogP contribution in [0.4, 0.5) is 5.69 Å². The lowest BCUT2D eigenvalue weighted by atomic mass is 10.2. The van der Waals surface area contributed by atoms with Crippen molar-refractivity contribution in [3.05, 3.63) is 27.7 Å². The minimum absolute atomic E-state index is 0.240. The Morgan fingerprint density at radius 1 is 1.47 bits per heavy atom. The third-order valence-electron chi connectivity index (χ3n) is 3.22. The summed E-state index contributed by atoms with van der Waals surface area (Å²) in [6, 6.07) is 3.75. The Labute approximate surface area is 122 Å². The SMILES string of the molecule is CN(CCNC(=O)c1cc(N)cc(Cl)c1Cl)C1CC1. The predicted octanol–water partition coefficient (Wildman–Crippen LogP) is 2.40. The normalized spacial score (nSPS) is 14.7. The number of carbonyl (C=O) groups excluding carboxylic acids is 1. The Morgan fingerprint density at radius 2 is 2.16 bits per heavy atom. The number of anilines is 1. The van der Waals surface area contributed by atoms with E-state index in [-0.39, 0.29) is 10.9 Å². The maximum Gasteiger partial charge on any atom is 0.252 e. The first kappa shape index (κ1) is 14.4. The first-order valence-corrected chi connectivity index (χ1v) is 6.97. The van der Waals surface area contributed by atoms with Gasteiger partial charge in [0.25, 0.3) is 5.91 Å². The Bertz CT molecular complexity index is 489. The van der Waals surface area contributed by atoms with Crippen molar-refractivity contribution in [2.45, 2.75) is 18.9 Å². The van der Waals surface area contributed by atoms with E-state index < -0.39 is 0 Å². The fourth-order valence-corrected chi connectivity index (χ4v) is 2.34. The molecule has 0 unspecified atom stereocenters. The van der Waals surface area contributed by atoms with Gasteiger partial charge in [-0.25, -0.2) is 0 Å². The topological polar surface area (TPSA) is 58.4 Å². The van der Waals surface area contributed by atoms with Crippen LogP contribution in [0.5, 0.6) is 0 Å². The molecule has 19 heavy (non-hydrogen) atoms. The third-order valence-corrected chi connectivity index (χ3v) is 4.02. The second kappa shape index (κ2) is 5.99. The summed E-state index contributed by atoms with van der Waals surface area (Å²) in [5.74, 6) is -0.247. The molecule has 1 amide bonds. The molecule has 0 radical (unpaired) electrons. The maximum atomic E-state index is 12.0. The molecule has 1 aliphatic carbocycles. The van der Waals surface area contributed by atoms with E-state index in [4.69, 9.17) is 28.9 Å². The van der Waals surface area contributed by atoms with E-state index in [1.165, 1.54) is 25.0 Å². The number of nitrogen functional groups attached to an aromatic ring is 1. The number of benzene rings is 1. The van der Waals surface area contributed by atoms with Crippen molar-refractivity contribution >= 4 is 34.8 Å². The monoisotopic (exact) mass is 301 g/mol. The molecule has 1 aromatic rings. The van der Waals surface area contributed by atoms with Gasteiger partial charge in [-0.2, -0.15) is 0 Å². The standard InChI is InChI=1S/C13H17Cl2N3O/c1-18(9-2-3-9)5-4-17-13(19)10-6-8(16)7-11(14)12(10)15/h6-7,9H,2-5,16H2,1H3,(H,17,19). The largest absolute Gasteiger partial charge is 0.399 e. The zero-order chi connectivity index (χ0) is 14.0. The number of carbonyl (C=O) groups is 1. The summed E-state index contributed by atoms with van der Waals surface area (Å²) in [6.45, 7) is 1.40. The quantitative estimate of drug-likeness (QED) is 0.821. The van der Waals surface area contributed by atoms with Gasteiger partial charge in [-0.1, -0.05) is 23.2 Å². The molecule has 1 fully saturated rings. The zero-order valence-corrected chi connectivity index (χ0v) is 12.3. The van der Waals surface area contributed by atoms with Gasteiger partial charge in [0.05, 0.1) is 15.6 Å². The Morgan fingerprint density at radius 3 is 2.79 bits per heavy atom. The van der Waals surface area contributed by atoms with E-state index in [0.717, 1.165) is 6.54 Å². The average molecular weight is 302 g/mol. The van der Waals surface area contributed by atoms with Crippen LogP contribution in [-0.4, -0.2) is 37.0 Å². The molecule has 0 bridgehead atoms. The zero-order valence-electron chi connectivity index (χ0n) is 10.7. The fraction of sp³-hybridized carbons (Fsp3) is 0.462. The number of hydrogen-bond acceptors (Lipinski definition) is 3. The molecule has 1 aliphatic rings. The molecule has 1 saturated carbocycles. The fourth-order valence-electron chi connectivity index (χ4n) is 1.91. The molecule has 0 atom stereocenters. The molecule has 0 aromatic heterocycles. The van der Waals surface area contributed by atoms with Crippen molar-refractivity contribution in [3.8, 4) is 0 Å². The Balaban J connectivity index is 1.92. The van der Waals surface area contributed by atoms with Crippen LogP contribution in [0.15, 0.2) is 12.1 Å². The van der Waals surface area contributed by atoms with Crippen molar-refractivity contribution < 1.29 is 4.79 Å². The number of halogens is 2. The molecule has 4 nitrogen and oxygen atoms in total. The molecule has 104 valence electrons. The van der Waals surface area contributed by atoms with Gasteiger partial charge in [-0.3, -0.25) is 4.79 Å². The molecular weight excluding hydrogens is 285 g/mol.